The molecule has 88 valence electrons. The molecule has 0 spiro atoms. The van der Waals surface area contributed by atoms with Crippen LogP contribution in [0.5, 0.6) is 0 Å². The molecule has 1 amide bonds. The number of nitrogens with one attached hydrogen (secondary N) is 2. The normalized spacial score (nSPS) is 15.4. The maximum Gasteiger partial charge on any atom is 0.273 e. The first kappa shape index (κ1) is 11.0. The van der Waals surface area contributed by atoms with E-state index in [1.807, 2.05) is 13.8 Å². The second-order valence-electron chi connectivity index (χ2n) is 4.71. The highest BCUT2D eigenvalue weighted by atomic mass is 16.1. The minimum absolute atomic E-state index is 0.174. The van der Waals surface area contributed by atoms with Crippen LogP contribution in [0.1, 0.15) is 48.8 Å². The van der Waals surface area contributed by atoms with Gasteiger partial charge >= 0.3 is 0 Å². The molecule has 0 aliphatic heterocycles. The van der Waals surface area contributed by atoms with Crippen LogP contribution in [0.3, 0.4) is 0 Å². The van der Waals surface area contributed by atoms with Crippen LogP contribution in [0.2, 0.25) is 0 Å². The van der Waals surface area contributed by atoms with E-state index >= 15 is 0 Å². The summed E-state index contributed by atoms with van der Waals surface area (Å²) in [7, 11) is 0. The number of rotatable bonds is 4. The molecule has 0 unspecified atom stereocenters. The highest BCUT2D eigenvalue weighted by Gasteiger charge is 2.24. The third-order valence-electron chi connectivity index (χ3n) is 2.87. The van der Waals surface area contributed by atoms with Crippen molar-refractivity contribution in [3.8, 4) is 0 Å². The Morgan fingerprint density at radius 1 is 1.62 bits per heavy atom. The van der Waals surface area contributed by atoms with Crippen molar-refractivity contribution in [1.29, 1.82) is 0 Å². The third kappa shape index (κ3) is 2.18. The van der Waals surface area contributed by atoms with Gasteiger partial charge in [-0.1, -0.05) is 13.8 Å². The second-order valence-corrected chi connectivity index (χ2v) is 4.71. The molecule has 16 heavy (non-hydrogen) atoms. The average Bonchev–Trinajstić information content (AvgIpc) is 2.97. The van der Waals surface area contributed by atoms with Crippen LogP contribution in [-0.2, 0) is 0 Å². The Kier molecular flexibility index (Phi) is 2.85. The number of hydrogen-bond acceptors (Lipinski definition) is 3. The molecule has 0 aromatic carbocycles. The number of carbonyl (C=O) groups excluding carboxylic acids is 1. The zero-order chi connectivity index (χ0) is 11.7. The number of aromatic amines is 1. The predicted molar refractivity (Wildman–Crippen MR) is 62.1 cm³/mol. The van der Waals surface area contributed by atoms with Crippen LogP contribution in [0.15, 0.2) is 0 Å². The molecule has 5 heteroatoms. The molecular formula is C11H18N4O. The highest BCUT2D eigenvalue weighted by Crippen LogP contribution is 2.28. The average molecular weight is 222 g/mol. The van der Waals surface area contributed by atoms with Gasteiger partial charge in [-0.05, 0) is 24.7 Å². The van der Waals surface area contributed by atoms with E-state index in [4.69, 9.17) is 5.73 Å². The van der Waals surface area contributed by atoms with Gasteiger partial charge in [0.1, 0.15) is 0 Å². The Balaban J connectivity index is 2.04. The predicted octanol–water partition coefficient (Wildman–Crippen LogP) is 1.26. The lowest BCUT2D eigenvalue weighted by Crippen LogP contribution is -2.26. The molecule has 5 nitrogen and oxygen atoms in total. The van der Waals surface area contributed by atoms with Crippen LogP contribution < -0.4 is 11.1 Å². The highest BCUT2D eigenvalue weighted by molar-refractivity contribution is 5.97. The van der Waals surface area contributed by atoms with Crippen molar-refractivity contribution in [2.24, 2.45) is 5.92 Å². The molecule has 0 saturated heterocycles. The van der Waals surface area contributed by atoms with E-state index in [9.17, 15) is 4.79 Å². The summed E-state index contributed by atoms with van der Waals surface area (Å²) in [5.41, 5.74) is 7.50. The van der Waals surface area contributed by atoms with E-state index in [0.29, 0.717) is 17.3 Å². The molecule has 1 aliphatic rings. The summed E-state index contributed by atoms with van der Waals surface area (Å²) >= 11 is 0. The van der Waals surface area contributed by atoms with E-state index < -0.39 is 0 Å². The smallest absolute Gasteiger partial charge is 0.273 e. The van der Waals surface area contributed by atoms with Gasteiger partial charge in [0.2, 0.25) is 0 Å². The van der Waals surface area contributed by atoms with Crippen LogP contribution in [0.4, 0.5) is 5.69 Å². The molecular weight excluding hydrogens is 204 g/mol. The quantitative estimate of drug-likeness (QED) is 0.717. The third-order valence-corrected chi connectivity index (χ3v) is 2.87. The van der Waals surface area contributed by atoms with Gasteiger partial charge in [-0.2, -0.15) is 5.10 Å². The molecule has 0 radical (unpaired) electrons. The van der Waals surface area contributed by atoms with Crippen molar-refractivity contribution in [1.82, 2.24) is 15.5 Å². The summed E-state index contributed by atoms with van der Waals surface area (Å²) in [4.78, 5) is 11.8. The lowest BCUT2D eigenvalue weighted by Gasteiger charge is -2.04. The van der Waals surface area contributed by atoms with Gasteiger partial charge in [-0.25, -0.2) is 0 Å². The number of aromatic nitrogens is 2. The molecule has 1 aromatic rings. The Hall–Kier alpha value is -1.52. The molecule has 1 heterocycles. The van der Waals surface area contributed by atoms with Crippen LogP contribution in [0, 0.1) is 5.92 Å². The minimum Gasteiger partial charge on any atom is -0.395 e. The van der Waals surface area contributed by atoms with E-state index in [1.165, 1.54) is 12.8 Å². The molecule has 0 bridgehead atoms. The number of nitrogens with two attached hydrogens (primary N) is 1. The lowest BCUT2D eigenvalue weighted by atomic mass is 10.1. The van der Waals surface area contributed by atoms with E-state index in [1.54, 1.807) is 0 Å². The standard InChI is InChI=1S/C11H18N4O/c1-6(2)9-8(12)10(15-14-9)11(16)13-5-7-3-4-7/h6-7H,3-5,12H2,1-2H3,(H,13,16)(H,14,15). The molecule has 1 saturated carbocycles. The summed E-state index contributed by atoms with van der Waals surface area (Å²) in [6.45, 7) is 4.76. The SMILES string of the molecule is CC(C)c1[nH]nc(C(=O)NCC2CC2)c1N. The first-order valence-corrected chi connectivity index (χ1v) is 5.71. The molecule has 0 atom stereocenters. The Labute approximate surface area is 94.8 Å². The van der Waals surface area contributed by atoms with Gasteiger partial charge in [0, 0.05) is 6.54 Å². The fourth-order valence-electron chi connectivity index (χ4n) is 1.62. The Morgan fingerprint density at radius 2 is 2.31 bits per heavy atom. The van der Waals surface area contributed by atoms with Crippen molar-refractivity contribution < 1.29 is 4.79 Å². The number of nitrogen functional groups attached to an aromatic ring is 1. The van der Waals surface area contributed by atoms with Gasteiger partial charge in [0.15, 0.2) is 5.69 Å². The second kappa shape index (κ2) is 4.15. The maximum absolute atomic E-state index is 11.8. The van der Waals surface area contributed by atoms with E-state index in [2.05, 4.69) is 15.5 Å². The van der Waals surface area contributed by atoms with Crippen molar-refractivity contribution in [2.75, 3.05) is 12.3 Å². The first-order valence-electron chi connectivity index (χ1n) is 5.71. The monoisotopic (exact) mass is 222 g/mol. The van der Waals surface area contributed by atoms with Gasteiger partial charge in [0.05, 0.1) is 11.4 Å². The fraction of sp³-hybridized carbons (Fsp3) is 0.636. The van der Waals surface area contributed by atoms with Crippen molar-refractivity contribution in [3.63, 3.8) is 0 Å². The Morgan fingerprint density at radius 3 is 2.81 bits per heavy atom. The number of anilines is 1. The van der Waals surface area contributed by atoms with Crippen LogP contribution in [-0.4, -0.2) is 22.6 Å². The summed E-state index contributed by atoms with van der Waals surface area (Å²) in [5, 5.41) is 9.65. The van der Waals surface area contributed by atoms with Crippen molar-refractivity contribution in [2.45, 2.75) is 32.6 Å². The zero-order valence-electron chi connectivity index (χ0n) is 9.71. The molecule has 1 aliphatic carbocycles. The number of nitrogens with zero attached hydrogens (tertiary/aromatic N) is 1. The topological polar surface area (TPSA) is 83.8 Å². The van der Waals surface area contributed by atoms with E-state index in [-0.39, 0.29) is 11.8 Å². The van der Waals surface area contributed by atoms with Crippen molar-refractivity contribution >= 4 is 11.6 Å². The summed E-state index contributed by atoms with van der Waals surface area (Å²) < 4.78 is 0. The number of H-pyrrole nitrogens is 1. The first-order chi connectivity index (χ1) is 7.59. The largest absolute Gasteiger partial charge is 0.395 e. The summed E-state index contributed by atoms with van der Waals surface area (Å²) in [6.07, 6.45) is 2.43. The molecule has 1 fully saturated rings. The van der Waals surface area contributed by atoms with E-state index in [0.717, 1.165) is 12.2 Å². The minimum atomic E-state index is -0.174. The Bertz CT molecular complexity index is 393. The van der Waals surface area contributed by atoms with Gasteiger partial charge in [-0.15, -0.1) is 0 Å². The van der Waals surface area contributed by atoms with Crippen molar-refractivity contribution in [3.05, 3.63) is 11.4 Å². The maximum atomic E-state index is 11.8. The zero-order valence-corrected chi connectivity index (χ0v) is 9.71. The number of carbonyl (C=O) groups is 1. The number of amides is 1. The number of hydrogen-bond donors (Lipinski definition) is 3. The van der Waals surface area contributed by atoms with Gasteiger partial charge < -0.3 is 11.1 Å². The van der Waals surface area contributed by atoms with Crippen LogP contribution in [0.25, 0.3) is 0 Å². The molecule has 1 aromatic heterocycles. The summed E-state index contributed by atoms with van der Waals surface area (Å²) in [5.74, 6) is 0.735. The van der Waals surface area contributed by atoms with Gasteiger partial charge in [0.25, 0.3) is 5.91 Å². The lowest BCUT2D eigenvalue weighted by molar-refractivity contribution is 0.0947. The summed E-state index contributed by atoms with van der Waals surface area (Å²) in [6, 6.07) is 0. The van der Waals surface area contributed by atoms with Crippen LogP contribution >= 0.6 is 0 Å². The van der Waals surface area contributed by atoms with Gasteiger partial charge in [-0.3, -0.25) is 9.89 Å². The molecule has 2 rings (SSSR count). The fourth-order valence-corrected chi connectivity index (χ4v) is 1.62. The molecule has 4 N–H and O–H groups in total.